The Bertz CT molecular complexity index is 521. The van der Waals surface area contributed by atoms with Crippen LogP contribution in [0.25, 0.3) is 0 Å². The third-order valence-corrected chi connectivity index (χ3v) is 2.98. The molecule has 0 saturated carbocycles. The molecule has 0 saturated heterocycles. The molecule has 0 bridgehead atoms. The maximum Gasteiger partial charge on any atom is 0.124 e. The molecule has 0 aromatic heterocycles. The van der Waals surface area contributed by atoms with E-state index in [1.807, 2.05) is 37.3 Å². The second kappa shape index (κ2) is 5.78. The zero-order chi connectivity index (χ0) is 13.0. The highest BCUT2D eigenvalue weighted by Crippen LogP contribution is 2.23. The SMILES string of the molecule is Cc1ccc(OCc2ccc(O)cc2)c(CCl)c1. The molecule has 3 heteroatoms. The summed E-state index contributed by atoms with van der Waals surface area (Å²) >= 11 is 5.89. The minimum absolute atomic E-state index is 0.260. The third-order valence-electron chi connectivity index (χ3n) is 2.69. The summed E-state index contributed by atoms with van der Waals surface area (Å²) in [4.78, 5) is 0. The highest BCUT2D eigenvalue weighted by Gasteiger charge is 2.03. The van der Waals surface area contributed by atoms with Crippen molar-refractivity contribution in [3.8, 4) is 11.5 Å². The van der Waals surface area contributed by atoms with E-state index in [4.69, 9.17) is 16.3 Å². The fourth-order valence-electron chi connectivity index (χ4n) is 1.71. The lowest BCUT2D eigenvalue weighted by Gasteiger charge is -2.10. The molecule has 0 aliphatic heterocycles. The van der Waals surface area contributed by atoms with E-state index in [0.717, 1.165) is 16.9 Å². The van der Waals surface area contributed by atoms with Crippen molar-refractivity contribution in [2.75, 3.05) is 0 Å². The summed E-state index contributed by atoms with van der Waals surface area (Å²) in [5, 5.41) is 9.20. The summed E-state index contributed by atoms with van der Waals surface area (Å²) in [5.74, 6) is 1.51. The highest BCUT2D eigenvalue weighted by atomic mass is 35.5. The maximum atomic E-state index is 9.20. The number of hydrogen-bond donors (Lipinski definition) is 1. The normalized spacial score (nSPS) is 10.3. The molecule has 0 radical (unpaired) electrons. The standard InChI is InChI=1S/C15H15ClO2/c1-11-2-7-15(13(8-11)9-16)18-10-12-3-5-14(17)6-4-12/h2-8,17H,9-10H2,1H3. The fraction of sp³-hybridized carbons (Fsp3) is 0.200. The number of rotatable bonds is 4. The molecule has 1 N–H and O–H groups in total. The Morgan fingerprint density at radius 3 is 2.50 bits per heavy atom. The van der Waals surface area contributed by atoms with Crippen LogP contribution in [-0.4, -0.2) is 5.11 Å². The average molecular weight is 263 g/mol. The van der Waals surface area contributed by atoms with Gasteiger partial charge in [-0.05, 0) is 30.7 Å². The van der Waals surface area contributed by atoms with Gasteiger partial charge in [0.15, 0.2) is 0 Å². The van der Waals surface area contributed by atoms with Crippen molar-refractivity contribution >= 4 is 11.6 Å². The van der Waals surface area contributed by atoms with Gasteiger partial charge in [-0.2, -0.15) is 0 Å². The van der Waals surface area contributed by atoms with E-state index < -0.39 is 0 Å². The number of benzene rings is 2. The molecule has 18 heavy (non-hydrogen) atoms. The number of aromatic hydroxyl groups is 1. The van der Waals surface area contributed by atoms with Crippen molar-refractivity contribution in [1.29, 1.82) is 0 Å². The summed E-state index contributed by atoms with van der Waals surface area (Å²) in [5.41, 5.74) is 3.17. The van der Waals surface area contributed by atoms with Gasteiger partial charge in [0.25, 0.3) is 0 Å². The Balaban J connectivity index is 2.08. The molecule has 0 atom stereocenters. The molecular weight excluding hydrogens is 248 g/mol. The number of halogens is 1. The third kappa shape index (κ3) is 3.17. The van der Waals surface area contributed by atoms with Gasteiger partial charge in [-0.15, -0.1) is 11.6 Å². The van der Waals surface area contributed by atoms with Gasteiger partial charge in [-0.1, -0.05) is 29.8 Å². The second-order valence-electron chi connectivity index (χ2n) is 4.20. The smallest absolute Gasteiger partial charge is 0.124 e. The van der Waals surface area contributed by atoms with Crippen molar-refractivity contribution in [2.45, 2.75) is 19.4 Å². The Morgan fingerprint density at radius 1 is 1.11 bits per heavy atom. The number of ether oxygens (including phenoxy) is 1. The Hall–Kier alpha value is -1.67. The summed E-state index contributed by atoms with van der Waals surface area (Å²) in [6.07, 6.45) is 0. The van der Waals surface area contributed by atoms with Gasteiger partial charge < -0.3 is 9.84 Å². The zero-order valence-corrected chi connectivity index (χ0v) is 10.9. The maximum absolute atomic E-state index is 9.20. The first-order valence-electron chi connectivity index (χ1n) is 5.75. The lowest BCUT2D eigenvalue weighted by molar-refractivity contribution is 0.303. The van der Waals surface area contributed by atoms with Gasteiger partial charge in [0.2, 0.25) is 0 Å². The van der Waals surface area contributed by atoms with Crippen molar-refractivity contribution in [2.24, 2.45) is 0 Å². The first kappa shape index (κ1) is 12.8. The molecule has 0 fully saturated rings. The van der Waals surface area contributed by atoms with Crippen LogP contribution in [0.2, 0.25) is 0 Å². The number of hydrogen-bond acceptors (Lipinski definition) is 2. The van der Waals surface area contributed by atoms with E-state index in [1.54, 1.807) is 12.1 Å². The molecule has 0 unspecified atom stereocenters. The van der Waals surface area contributed by atoms with Crippen molar-refractivity contribution in [3.63, 3.8) is 0 Å². The molecule has 0 heterocycles. The zero-order valence-electron chi connectivity index (χ0n) is 10.2. The van der Waals surface area contributed by atoms with E-state index in [-0.39, 0.29) is 5.75 Å². The van der Waals surface area contributed by atoms with Crippen LogP contribution in [-0.2, 0) is 12.5 Å². The largest absolute Gasteiger partial charge is 0.508 e. The molecule has 2 aromatic rings. The van der Waals surface area contributed by atoms with Gasteiger partial charge in [0.05, 0.1) is 5.88 Å². The quantitative estimate of drug-likeness (QED) is 0.844. The number of phenols is 1. The number of phenolic OH excluding ortho intramolecular Hbond substituents is 1. The van der Waals surface area contributed by atoms with Gasteiger partial charge in [-0.25, -0.2) is 0 Å². The van der Waals surface area contributed by atoms with Crippen LogP contribution in [0.4, 0.5) is 0 Å². The molecule has 2 rings (SSSR count). The van der Waals surface area contributed by atoms with Crippen LogP contribution in [0.5, 0.6) is 11.5 Å². The fourth-order valence-corrected chi connectivity index (χ4v) is 1.92. The van der Waals surface area contributed by atoms with Crippen LogP contribution in [0.3, 0.4) is 0 Å². The summed E-state index contributed by atoms with van der Waals surface area (Å²) in [6, 6.07) is 12.9. The second-order valence-corrected chi connectivity index (χ2v) is 4.47. The van der Waals surface area contributed by atoms with Crippen LogP contribution < -0.4 is 4.74 Å². The number of alkyl halides is 1. The van der Waals surface area contributed by atoms with E-state index in [1.165, 1.54) is 5.56 Å². The van der Waals surface area contributed by atoms with Crippen LogP contribution in [0, 0.1) is 6.92 Å². The van der Waals surface area contributed by atoms with E-state index in [0.29, 0.717) is 12.5 Å². The van der Waals surface area contributed by atoms with Gasteiger partial charge in [-0.3, -0.25) is 0 Å². The first-order chi connectivity index (χ1) is 8.69. The predicted molar refractivity (Wildman–Crippen MR) is 73.2 cm³/mol. The topological polar surface area (TPSA) is 29.5 Å². The van der Waals surface area contributed by atoms with Gasteiger partial charge in [0, 0.05) is 5.56 Å². The predicted octanol–water partition coefficient (Wildman–Crippen LogP) is 4.02. The average Bonchev–Trinajstić information content (AvgIpc) is 2.39. The van der Waals surface area contributed by atoms with Crippen molar-refractivity contribution in [1.82, 2.24) is 0 Å². The Morgan fingerprint density at radius 2 is 1.83 bits per heavy atom. The molecule has 0 aliphatic rings. The molecule has 94 valence electrons. The van der Waals surface area contributed by atoms with Crippen LogP contribution in [0.1, 0.15) is 16.7 Å². The van der Waals surface area contributed by atoms with E-state index >= 15 is 0 Å². The monoisotopic (exact) mass is 262 g/mol. The minimum Gasteiger partial charge on any atom is -0.508 e. The van der Waals surface area contributed by atoms with Crippen LogP contribution >= 0.6 is 11.6 Å². The Labute approximate surface area is 112 Å². The van der Waals surface area contributed by atoms with Crippen molar-refractivity contribution < 1.29 is 9.84 Å². The van der Waals surface area contributed by atoms with Gasteiger partial charge >= 0.3 is 0 Å². The summed E-state index contributed by atoms with van der Waals surface area (Å²) in [6.45, 7) is 2.49. The molecule has 0 amide bonds. The number of aryl methyl sites for hydroxylation is 1. The molecule has 2 aromatic carbocycles. The lowest BCUT2D eigenvalue weighted by Crippen LogP contribution is -1.98. The van der Waals surface area contributed by atoms with Crippen LogP contribution in [0.15, 0.2) is 42.5 Å². The molecular formula is C15H15ClO2. The molecule has 0 aliphatic carbocycles. The molecule has 0 spiro atoms. The summed E-state index contributed by atoms with van der Waals surface area (Å²) in [7, 11) is 0. The highest BCUT2D eigenvalue weighted by molar-refractivity contribution is 6.17. The lowest BCUT2D eigenvalue weighted by atomic mass is 10.1. The molecule has 2 nitrogen and oxygen atoms in total. The summed E-state index contributed by atoms with van der Waals surface area (Å²) < 4.78 is 5.74. The van der Waals surface area contributed by atoms with Gasteiger partial charge in [0.1, 0.15) is 18.1 Å². The van der Waals surface area contributed by atoms with Crippen molar-refractivity contribution in [3.05, 3.63) is 59.2 Å². The van der Waals surface area contributed by atoms with E-state index in [2.05, 4.69) is 0 Å². The minimum atomic E-state index is 0.260. The first-order valence-corrected chi connectivity index (χ1v) is 6.28. The van der Waals surface area contributed by atoms with E-state index in [9.17, 15) is 5.11 Å². The Kier molecular flexibility index (Phi) is 4.11.